The first kappa shape index (κ1) is 27.5. The van der Waals surface area contributed by atoms with Gasteiger partial charge in [-0.25, -0.2) is 0 Å². The molecule has 0 saturated carbocycles. The molecule has 0 amide bonds. The maximum atomic E-state index is 9.41. The maximum Gasteiger partial charge on any atom is 0.184 e. The van der Waals surface area contributed by atoms with Crippen LogP contribution in [0.25, 0.3) is 0 Å². The van der Waals surface area contributed by atoms with Gasteiger partial charge >= 0.3 is 0 Å². The molecule has 36 heavy (non-hydrogen) atoms. The molecule has 0 heterocycles. The van der Waals surface area contributed by atoms with E-state index < -0.39 is 18.5 Å². The van der Waals surface area contributed by atoms with Crippen LogP contribution in [-0.2, 0) is 43.5 Å². The van der Waals surface area contributed by atoms with Crippen LogP contribution in [0.1, 0.15) is 30.0 Å². The van der Waals surface area contributed by atoms with Crippen LogP contribution in [0.3, 0.4) is 0 Å². The second kappa shape index (κ2) is 15.8. The highest BCUT2D eigenvalue weighted by Gasteiger charge is 2.30. The van der Waals surface area contributed by atoms with Crippen molar-refractivity contribution in [2.24, 2.45) is 0 Å². The zero-order chi connectivity index (χ0) is 25.4. The lowest BCUT2D eigenvalue weighted by molar-refractivity contribution is -0.243. The molecule has 0 aliphatic rings. The Morgan fingerprint density at radius 2 is 1.19 bits per heavy atom. The van der Waals surface area contributed by atoms with E-state index in [0.29, 0.717) is 26.4 Å². The van der Waals surface area contributed by atoms with Crippen molar-refractivity contribution in [3.05, 3.63) is 108 Å². The molecule has 3 aromatic carbocycles. The first-order valence-electron chi connectivity index (χ1n) is 12.2. The zero-order valence-electron chi connectivity index (χ0n) is 21.0. The van der Waals surface area contributed by atoms with E-state index in [0.717, 1.165) is 16.7 Å². The van der Waals surface area contributed by atoms with Crippen molar-refractivity contribution in [1.82, 2.24) is 0 Å². The number of nitrogens with zero attached hydrogens (tertiary/aromatic N) is 1. The van der Waals surface area contributed by atoms with Crippen molar-refractivity contribution >= 4 is 0 Å². The van der Waals surface area contributed by atoms with Gasteiger partial charge < -0.3 is 23.7 Å². The van der Waals surface area contributed by atoms with Crippen LogP contribution in [0.15, 0.2) is 91.0 Å². The van der Waals surface area contributed by atoms with Gasteiger partial charge in [-0.3, -0.25) is 0 Å². The molecule has 0 aliphatic carbocycles. The van der Waals surface area contributed by atoms with Crippen LogP contribution in [-0.4, -0.2) is 38.3 Å². The highest BCUT2D eigenvalue weighted by molar-refractivity contribution is 5.15. The SMILES string of the molecule is COC(OC(COCc1ccccc1)C(C)OCc1ccccc1)[C@H](CC#N)OCc1ccccc1. The summed E-state index contributed by atoms with van der Waals surface area (Å²) in [6, 6.07) is 32.0. The van der Waals surface area contributed by atoms with Gasteiger partial charge in [0.25, 0.3) is 0 Å². The first-order chi connectivity index (χ1) is 17.7. The van der Waals surface area contributed by atoms with E-state index >= 15 is 0 Å². The minimum atomic E-state index is -0.763. The van der Waals surface area contributed by atoms with Gasteiger partial charge in [-0.05, 0) is 23.6 Å². The molecular weight excluding hydrogens is 454 g/mol. The molecular formula is C30H35NO5. The van der Waals surface area contributed by atoms with Crippen LogP contribution in [0.4, 0.5) is 0 Å². The quantitative estimate of drug-likeness (QED) is 0.242. The molecule has 0 bridgehead atoms. The standard InChI is InChI=1S/C30H35NO5/c1-24(34-21-26-14-8-4-9-15-26)29(23-33-20-25-12-6-3-7-13-25)36-30(32-2)28(18-19-31)35-22-27-16-10-5-11-17-27/h3-17,24,28-30H,18,20-23H2,1-2H3/t24?,28-,29?,30?/m0/s1. The highest BCUT2D eigenvalue weighted by Crippen LogP contribution is 2.18. The van der Waals surface area contributed by atoms with Gasteiger partial charge in [0.1, 0.15) is 12.2 Å². The number of ether oxygens (including phenoxy) is 5. The second-order valence-electron chi connectivity index (χ2n) is 8.48. The average molecular weight is 490 g/mol. The lowest BCUT2D eigenvalue weighted by Gasteiger charge is -2.31. The number of hydrogen-bond acceptors (Lipinski definition) is 6. The minimum Gasteiger partial charge on any atom is -0.374 e. The molecule has 3 aromatic rings. The van der Waals surface area contributed by atoms with Gasteiger partial charge in [-0.2, -0.15) is 5.26 Å². The number of rotatable bonds is 16. The lowest BCUT2D eigenvalue weighted by Crippen LogP contribution is -2.42. The molecule has 190 valence electrons. The van der Waals surface area contributed by atoms with Crippen LogP contribution < -0.4 is 0 Å². The summed E-state index contributed by atoms with van der Waals surface area (Å²) in [5, 5.41) is 9.41. The summed E-state index contributed by atoms with van der Waals surface area (Å²) in [6.07, 6.45) is -1.94. The Hall–Kier alpha value is -3.05. The Bertz CT molecular complexity index is 1010. The third kappa shape index (κ3) is 9.54. The molecule has 3 rings (SSSR count). The van der Waals surface area contributed by atoms with E-state index in [4.69, 9.17) is 23.7 Å². The zero-order valence-corrected chi connectivity index (χ0v) is 21.0. The normalized spacial score (nSPS) is 14.5. The van der Waals surface area contributed by atoms with Crippen LogP contribution in [0.2, 0.25) is 0 Å². The monoisotopic (exact) mass is 489 g/mol. The average Bonchev–Trinajstić information content (AvgIpc) is 2.93. The van der Waals surface area contributed by atoms with Crippen LogP contribution in [0, 0.1) is 11.3 Å². The van der Waals surface area contributed by atoms with E-state index in [1.807, 2.05) is 97.9 Å². The first-order valence-corrected chi connectivity index (χ1v) is 12.2. The maximum absolute atomic E-state index is 9.41. The molecule has 0 spiro atoms. The molecule has 0 radical (unpaired) electrons. The van der Waals surface area contributed by atoms with Crippen LogP contribution in [0.5, 0.6) is 0 Å². The van der Waals surface area contributed by atoms with Gasteiger partial charge in [0.2, 0.25) is 0 Å². The Morgan fingerprint density at radius 1 is 0.694 bits per heavy atom. The fourth-order valence-corrected chi connectivity index (χ4v) is 3.63. The molecule has 6 heteroatoms. The number of benzene rings is 3. The second-order valence-corrected chi connectivity index (χ2v) is 8.48. The van der Waals surface area contributed by atoms with Crippen molar-refractivity contribution in [2.75, 3.05) is 13.7 Å². The summed E-state index contributed by atoms with van der Waals surface area (Å²) in [6.45, 7) is 3.50. The largest absolute Gasteiger partial charge is 0.374 e. The van der Waals surface area contributed by atoms with E-state index in [1.165, 1.54) is 0 Å². The Morgan fingerprint density at radius 3 is 1.69 bits per heavy atom. The van der Waals surface area contributed by atoms with Crippen molar-refractivity contribution in [3.63, 3.8) is 0 Å². The third-order valence-corrected chi connectivity index (χ3v) is 5.72. The van der Waals surface area contributed by atoms with E-state index in [1.54, 1.807) is 7.11 Å². The number of methoxy groups -OCH3 is 1. The molecule has 0 N–H and O–H groups in total. The summed E-state index contributed by atoms with van der Waals surface area (Å²) in [4.78, 5) is 0. The highest BCUT2D eigenvalue weighted by atomic mass is 16.7. The van der Waals surface area contributed by atoms with Crippen molar-refractivity contribution in [1.29, 1.82) is 5.26 Å². The summed E-state index contributed by atoms with van der Waals surface area (Å²) in [5.41, 5.74) is 3.16. The van der Waals surface area contributed by atoms with Gasteiger partial charge in [0.15, 0.2) is 6.29 Å². The van der Waals surface area contributed by atoms with Gasteiger partial charge in [0, 0.05) is 7.11 Å². The molecule has 6 nitrogen and oxygen atoms in total. The van der Waals surface area contributed by atoms with Gasteiger partial charge in [-0.1, -0.05) is 91.0 Å². The Balaban J connectivity index is 1.65. The van der Waals surface area contributed by atoms with E-state index in [9.17, 15) is 5.26 Å². The number of hydrogen-bond donors (Lipinski definition) is 0. The van der Waals surface area contributed by atoms with Gasteiger partial charge in [-0.15, -0.1) is 0 Å². The predicted molar refractivity (Wildman–Crippen MR) is 138 cm³/mol. The number of nitriles is 1. The smallest absolute Gasteiger partial charge is 0.184 e. The van der Waals surface area contributed by atoms with Crippen LogP contribution >= 0.6 is 0 Å². The van der Waals surface area contributed by atoms with E-state index in [-0.39, 0.29) is 12.5 Å². The Labute approximate surface area is 214 Å². The molecule has 4 atom stereocenters. The third-order valence-electron chi connectivity index (χ3n) is 5.72. The predicted octanol–water partition coefficient (Wildman–Crippen LogP) is 5.67. The van der Waals surface area contributed by atoms with Crippen molar-refractivity contribution < 1.29 is 23.7 Å². The van der Waals surface area contributed by atoms with Gasteiger partial charge in [0.05, 0.1) is 45.0 Å². The minimum absolute atomic E-state index is 0.127. The molecule has 0 aromatic heterocycles. The fraction of sp³-hybridized carbons (Fsp3) is 0.367. The van der Waals surface area contributed by atoms with E-state index in [2.05, 4.69) is 6.07 Å². The Kier molecular flexibility index (Phi) is 12.1. The summed E-state index contributed by atoms with van der Waals surface area (Å²) in [5.74, 6) is 0. The summed E-state index contributed by atoms with van der Waals surface area (Å²) in [7, 11) is 1.55. The van der Waals surface area contributed by atoms with Crippen molar-refractivity contribution in [3.8, 4) is 6.07 Å². The summed E-state index contributed by atoms with van der Waals surface area (Å²) < 4.78 is 30.2. The lowest BCUT2D eigenvalue weighted by atomic mass is 10.2. The summed E-state index contributed by atoms with van der Waals surface area (Å²) >= 11 is 0. The topological polar surface area (TPSA) is 69.9 Å². The molecule has 0 aliphatic heterocycles. The molecule has 0 fully saturated rings. The fourth-order valence-electron chi connectivity index (χ4n) is 3.63. The van der Waals surface area contributed by atoms with Crippen molar-refractivity contribution in [2.45, 2.75) is 57.8 Å². The molecule has 0 saturated heterocycles. The molecule has 3 unspecified atom stereocenters.